The Morgan fingerprint density at radius 3 is 2.53 bits per heavy atom. The van der Waals surface area contributed by atoms with E-state index in [4.69, 9.17) is 27.9 Å². The fourth-order valence-electron chi connectivity index (χ4n) is 2.77. The van der Waals surface area contributed by atoms with Crippen LogP contribution in [0.25, 0.3) is 11.0 Å². The Morgan fingerprint density at radius 1 is 1.06 bits per heavy atom. The van der Waals surface area contributed by atoms with Crippen molar-refractivity contribution in [2.45, 2.75) is 13.2 Å². The number of imidazole rings is 1. The Balaban J connectivity index is 1.47. The maximum Gasteiger partial charge on any atom is 0.325 e. The van der Waals surface area contributed by atoms with Gasteiger partial charge in [0.05, 0.1) is 28.2 Å². The van der Waals surface area contributed by atoms with Gasteiger partial charge < -0.3 is 15.4 Å². The van der Waals surface area contributed by atoms with Gasteiger partial charge in [-0.25, -0.2) is 4.98 Å². The predicted molar refractivity (Wildman–Crippen MR) is 113 cm³/mol. The van der Waals surface area contributed by atoms with Crippen LogP contribution >= 0.6 is 23.2 Å². The Bertz CT molecular complexity index is 1170. The van der Waals surface area contributed by atoms with Crippen LogP contribution < -0.4 is 10.6 Å². The molecule has 0 fully saturated rings. The standard InChI is InChI=1S/C20H16Cl2F2N4O4/c21-11-5-6-12(13(22)7-11)19(31)26-8-17(29)25-9-18(30)32-10-16-27-14-3-1-2-4-15(14)28(16)20(23)24/h1-7,20H,8-10H2,(H,25,29)(H,26,31). The molecule has 32 heavy (non-hydrogen) atoms. The molecular formula is C20H16Cl2F2N4O4. The second-order valence-electron chi connectivity index (χ2n) is 6.41. The van der Waals surface area contributed by atoms with E-state index < -0.39 is 44.0 Å². The number of benzene rings is 2. The molecule has 168 valence electrons. The SMILES string of the molecule is O=C(CNC(=O)c1ccc(Cl)cc1Cl)NCC(=O)OCc1nc2ccccc2n1C(F)F. The predicted octanol–water partition coefficient (Wildman–Crippen LogP) is 3.33. The number of aromatic nitrogens is 2. The fourth-order valence-corrected chi connectivity index (χ4v) is 3.27. The lowest BCUT2D eigenvalue weighted by molar-refractivity contribution is -0.145. The van der Waals surface area contributed by atoms with Crippen molar-refractivity contribution in [1.29, 1.82) is 0 Å². The first-order valence-corrected chi connectivity index (χ1v) is 9.91. The van der Waals surface area contributed by atoms with E-state index >= 15 is 0 Å². The van der Waals surface area contributed by atoms with Crippen molar-refractivity contribution in [3.63, 3.8) is 0 Å². The van der Waals surface area contributed by atoms with Crippen LogP contribution in [0.15, 0.2) is 42.5 Å². The molecule has 8 nitrogen and oxygen atoms in total. The molecule has 1 heterocycles. The zero-order valence-corrected chi connectivity index (χ0v) is 17.8. The highest BCUT2D eigenvalue weighted by molar-refractivity contribution is 6.36. The molecule has 0 aliphatic carbocycles. The average molecular weight is 485 g/mol. The first-order chi connectivity index (χ1) is 15.3. The topological polar surface area (TPSA) is 102 Å². The van der Waals surface area contributed by atoms with Crippen molar-refractivity contribution in [3.8, 4) is 0 Å². The van der Waals surface area contributed by atoms with Gasteiger partial charge in [0.1, 0.15) is 13.2 Å². The highest BCUT2D eigenvalue weighted by Crippen LogP contribution is 2.23. The molecule has 0 aliphatic rings. The van der Waals surface area contributed by atoms with E-state index in [-0.39, 0.29) is 21.9 Å². The van der Waals surface area contributed by atoms with Gasteiger partial charge in [0, 0.05) is 5.02 Å². The Morgan fingerprint density at radius 2 is 1.81 bits per heavy atom. The smallest absolute Gasteiger partial charge is 0.325 e. The zero-order valence-electron chi connectivity index (χ0n) is 16.3. The zero-order chi connectivity index (χ0) is 23.3. The van der Waals surface area contributed by atoms with Crippen LogP contribution in [0, 0.1) is 0 Å². The van der Waals surface area contributed by atoms with E-state index in [1.807, 2.05) is 0 Å². The van der Waals surface area contributed by atoms with Crippen molar-refractivity contribution >= 4 is 52.0 Å². The van der Waals surface area contributed by atoms with E-state index in [1.54, 1.807) is 18.2 Å². The van der Waals surface area contributed by atoms with Crippen LogP contribution in [0.5, 0.6) is 0 Å². The van der Waals surface area contributed by atoms with Crippen molar-refractivity contribution in [3.05, 3.63) is 63.9 Å². The monoisotopic (exact) mass is 484 g/mol. The summed E-state index contributed by atoms with van der Waals surface area (Å²) in [4.78, 5) is 39.8. The molecule has 0 spiro atoms. The summed E-state index contributed by atoms with van der Waals surface area (Å²) in [7, 11) is 0. The molecule has 2 aromatic carbocycles. The number of halogens is 4. The number of nitrogens with zero attached hydrogens (tertiary/aromatic N) is 2. The third kappa shape index (κ3) is 5.71. The van der Waals surface area contributed by atoms with Crippen LogP contribution in [-0.4, -0.2) is 40.4 Å². The average Bonchev–Trinajstić information content (AvgIpc) is 3.13. The number of ether oxygens (including phenoxy) is 1. The number of amides is 2. The molecule has 0 aliphatic heterocycles. The van der Waals surface area contributed by atoms with Gasteiger partial charge in [-0.05, 0) is 30.3 Å². The van der Waals surface area contributed by atoms with Gasteiger partial charge in [-0.1, -0.05) is 35.3 Å². The molecule has 0 atom stereocenters. The largest absolute Gasteiger partial charge is 0.456 e. The lowest BCUT2D eigenvalue weighted by Gasteiger charge is -2.10. The highest BCUT2D eigenvalue weighted by atomic mass is 35.5. The number of nitrogens with one attached hydrogen (secondary N) is 2. The van der Waals surface area contributed by atoms with Gasteiger partial charge in [-0.3, -0.25) is 19.0 Å². The number of carbonyl (C=O) groups excluding carboxylic acids is 3. The second kappa shape index (κ2) is 10.4. The minimum Gasteiger partial charge on any atom is -0.456 e. The number of hydrogen-bond donors (Lipinski definition) is 2. The summed E-state index contributed by atoms with van der Waals surface area (Å²) in [6.45, 7) is -4.31. The molecular weight excluding hydrogens is 469 g/mol. The number of carbonyl (C=O) groups is 3. The first kappa shape index (κ1) is 23.4. The minimum absolute atomic E-state index is 0.119. The Hall–Kier alpha value is -3.24. The molecule has 2 amide bonds. The van der Waals surface area contributed by atoms with Crippen LogP contribution in [0.3, 0.4) is 0 Å². The Kier molecular flexibility index (Phi) is 7.60. The van der Waals surface area contributed by atoms with Gasteiger partial charge in [0.15, 0.2) is 5.82 Å². The van der Waals surface area contributed by atoms with Crippen LogP contribution in [0.1, 0.15) is 22.7 Å². The third-order valence-electron chi connectivity index (χ3n) is 4.24. The summed E-state index contributed by atoms with van der Waals surface area (Å²) in [5.74, 6) is -2.26. The number of fused-ring (bicyclic) bond motifs is 1. The highest BCUT2D eigenvalue weighted by Gasteiger charge is 2.19. The summed E-state index contributed by atoms with van der Waals surface area (Å²) in [6, 6.07) is 10.5. The molecule has 1 aromatic heterocycles. The maximum absolute atomic E-state index is 13.4. The molecule has 0 saturated carbocycles. The summed E-state index contributed by atoms with van der Waals surface area (Å²) in [6.07, 6.45) is 0. The van der Waals surface area contributed by atoms with Gasteiger partial charge in [0.25, 0.3) is 5.91 Å². The van der Waals surface area contributed by atoms with E-state index in [0.29, 0.717) is 15.1 Å². The molecule has 12 heteroatoms. The fraction of sp³-hybridized carbons (Fsp3) is 0.200. The maximum atomic E-state index is 13.4. The van der Waals surface area contributed by atoms with E-state index in [0.717, 1.165) is 0 Å². The van der Waals surface area contributed by atoms with Crippen LogP contribution in [0.4, 0.5) is 8.78 Å². The minimum atomic E-state index is -2.87. The summed E-state index contributed by atoms with van der Waals surface area (Å²) in [5, 5.41) is 5.08. The number of rotatable bonds is 8. The van der Waals surface area contributed by atoms with Crippen molar-refractivity contribution in [1.82, 2.24) is 20.2 Å². The van der Waals surface area contributed by atoms with Gasteiger partial charge in [-0.2, -0.15) is 8.78 Å². The lowest BCUT2D eigenvalue weighted by Crippen LogP contribution is -2.39. The molecule has 3 rings (SSSR count). The summed E-state index contributed by atoms with van der Waals surface area (Å²) >= 11 is 11.7. The first-order valence-electron chi connectivity index (χ1n) is 9.16. The Labute approximate surface area is 190 Å². The van der Waals surface area contributed by atoms with Crippen LogP contribution in [0.2, 0.25) is 10.0 Å². The normalized spacial score (nSPS) is 10.9. The summed E-state index contributed by atoms with van der Waals surface area (Å²) in [5.41, 5.74) is 0.673. The molecule has 0 radical (unpaired) electrons. The van der Waals surface area contributed by atoms with Crippen molar-refractivity contribution in [2.24, 2.45) is 0 Å². The summed E-state index contributed by atoms with van der Waals surface area (Å²) < 4.78 is 32.3. The molecule has 3 aromatic rings. The van der Waals surface area contributed by atoms with Gasteiger partial charge in [0.2, 0.25) is 5.91 Å². The second-order valence-corrected chi connectivity index (χ2v) is 7.25. The number of hydrogen-bond acceptors (Lipinski definition) is 5. The van der Waals surface area contributed by atoms with Crippen LogP contribution in [-0.2, 0) is 20.9 Å². The van der Waals surface area contributed by atoms with E-state index in [9.17, 15) is 23.2 Å². The number of alkyl halides is 2. The van der Waals surface area contributed by atoms with Crippen molar-refractivity contribution in [2.75, 3.05) is 13.1 Å². The van der Waals surface area contributed by atoms with E-state index in [1.165, 1.54) is 24.3 Å². The van der Waals surface area contributed by atoms with Gasteiger partial charge >= 0.3 is 12.5 Å². The molecule has 0 unspecified atom stereocenters. The molecule has 0 bridgehead atoms. The number of para-hydroxylation sites is 2. The molecule has 0 saturated heterocycles. The quantitative estimate of drug-likeness (QED) is 0.477. The van der Waals surface area contributed by atoms with Gasteiger partial charge in [-0.15, -0.1) is 0 Å². The third-order valence-corrected chi connectivity index (χ3v) is 4.79. The number of esters is 1. The van der Waals surface area contributed by atoms with E-state index in [2.05, 4.69) is 15.6 Å². The lowest BCUT2D eigenvalue weighted by atomic mass is 10.2. The molecule has 2 N–H and O–H groups in total. The van der Waals surface area contributed by atoms with Crippen molar-refractivity contribution < 1.29 is 27.9 Å².